The van der Waals surface area contributed by atoms with Crippen molar-refractivity contribution in [1.29, 1.82) is 0 Å². The van der Waals surface area contributed by atoms with Gasteiger partial charge in [-0.3, -0.25) is 0 Å². The fraction of sp³-hybridized carbons (Fsp3) is 0.692. The maximum Gasteiger partial charge on any atom is 0.144 e. The van der Waals surface area contributed by atoms with Gasteiger partial charge in [0.15, 0.2) is 0 Å². The van der Waals surface area contributed by atoms with Crippen molar-refractivity contribution in [3.05, 3.63) is 24.2 Å². The molecule has 0 saturated carbocycles. The molecular formula is C13H20NO3. The number of furan rings is 1. The maximum atomic E-state index is 11.6. The summed E-state index contributed by atoms with van der Waals surface area (Å²) < 4.78 is 10.3. The molecule has 0 bridgehead atoms. The second kappa shape index (κ2) is 6.79. The summed E-state index contributed by atoms with van der Waals surface area (Å²) in [5.41, 5.74) is 0.671. The molecule has 17 heavy (non-hydrogen) atoms. The fourth-order valence-corrected chi connectivity index (χ4v) is 2.14. The van der Waals surface area contributed by atoms with Crippen molar-refractivity contribution in [1.82, 2.24) is 4.90 Å². The Morgan fingerprint density at radius 2 is 2.24 bits per heavy atom. The molecule has 0 N–H and O–H groups in total. The summed E-state index contributed by atoms with van der Waals surface area (Å²) in [5.74, 6) is 0. The fourth-order valence-electron chi connectivity index (χ4n) is 2.14. The summed E-state index contributed by atoms with van der Waals surface area (Å²) >= 11 is 0. The van der Waals surface area contributed by atoms with E-state index in [1.54, 1.807) is 6.07 Å². The summed E-state index contributed by atoms with van der Waals surface area (Å²) in [6, 6.07) is 1.70. The zero-order chi connectivity index (χ0) is 11.9. The first-order valence-electron chi connectivity index (χ1n) is 6.34. The van der Waals surface area contributed by atoms with Crippen LogP contribution >= 0.6 is 0 Å². The van der Waals surface area contributed by atoms with Crippen molar-refractivity contribution in [2.75, 3.05) is 32.8 Å². The van der Waals surface area contributed by atoms with E-state index in [2.05, 4.69) is 4.90 Å². The Balaban J connectivity index is 1.51. The van der Waals surface area contributed by atoms with Gasteiger partial charge in [0, 0.05) is 18.7 Å². The molecule has 4 nitrogen and oxygen atoms in total. The van der Waals surface area contributed by atoms with E-state index >= 15 is 0 Å². The van der Waals surface area contributed by atoms with Crippen LogP contribution in [0.3, 0.4) is 0 Å². The Bertz CT molecular complexity index is 294. The van der Waals surface area contributed by atoms with Crippen LogP contribution in [0, 0.1) is 0 Å². The van der Waals surface area contributed by atoms with Crippen molar-refractivity contribution >= 4 is 0 Å². The first kappa shape index (κ1) is 12.6. The minimum Gasteiger partial charge on any atom is -0.472 e. The molecule has 0 aliphatic carbocycles. The lowest BCUT2D eigenvalue weighted by Crippen LogP contribution is -2.21. The number of hydrogen-bond acceptors (Lipinski definition) is 3. The topological polar surface area (TPSA) is 45.5 Å². The number of hydrogen-bond donors (Lipinski definition) is 0. The van der Waals surface area contributed by atoms with Gasteiger partial charge in [-0.1, -0.05) is 0 Å². The van der Waals surface area contributed by atoms with Crippen LogP contribution in [0.5, 0.6) is 0 Å². The number of nitrogens with zero attached hydrogens (tertiary/aromatic N) is 1. The van der Waals surface area contributed by atoms with Crippen molar-refractivity contribution in [2.45, 2.75) is 25.4 Å². The largest absolute Gasteiger partial charge is 0.472 e. The van der Waals surface area contributed by atoms with Crippen LogP contribution in [0.1, 0.15) is 30.9 Å². The zero-order valence-corrected chi connectivity index (χ0v) is 10.1. The molecule has 0 amide bonds. The third-order valence-corrected chi connectivity index (χ3v) is 3.15. The molecule has 2 heterocycles. The minimum atomic E-state index is -0.819. The summed E-state index contributed by atoms with van der Waals surface area (Å²) in [6.45, 7) is 4.44. The molecule has 0 spiro atoms. The number of ether oxygens (including phenoxy) is 1. The van der Waals surface area contributed by atoms with E-state index in [0.717, 1.165) is 13.0 Å². The molecule has 2 rings (SSSR count). The predicted octanol–water partition coefficient (Wildman–Crippen LogP) is 2.25. The minimum absolute atomic E-state index is 0.236. The Hall–Kier alpha value is -0.840. The van der Waals surface area contributed by atoms with Gasteiger partial charge in [-0.15, -0.1) is 0 Å². The standard InChI is InChI=1S/C13H20NO3/c15-13(12-4-9-17-10-12)11-16-8-3-7-14-5-1-2-6-14/h4,9-10,13H,1-3,5-8,11H2. The first-order valence-corrected chi connectivity index (χ1v) is 6.34. The van der Waals surface area contributed by atoms with Crippen LogP contribution in [0.15, 0.2) is 23.0 Å². The van der Waals surface area contributed by atoms with Crippen molar-refractivity contribution in [3.63, 3.8) is 0 Å². The molecule has 1 aliphatic heterocycles. The summed E-state index contributed by atoms with van der Waals surface area (Å²) in [4.78, 5) is 2.45. The predicted molar refractivity (Wildman–Crippen MR) is 63.2 cm³/mol. The van der Waals surface area contributed by atoms with Gasteiger partial charge in [0.1, 0.15) is 6.10 Å². The van der Waals surface area contributed by atoms with Crippen LogP contribution in [0.4, 0.5) is 0 Å². The van der Waals surface area contributed by atoms with Gasteiger partial charge in [0.25, 0.3) is 0 Å². The highest BCUT2D eigenvalue weighted by Crippen LogP contribution is 2.14. The zero-order valence-electron chi connectivity index (χ0n) is 10.1. The van der Waals surface area contributed by atoms with Gasteiger partial charge in [-0.25, -0.2) is 5.11 Å². The molecule has 0 aromatic carbocycles. The van der Waals surface area contributed by atoms with Crippen molar-refractivity contribution < 1.29 is 14.3 Å². The molecule has 4 heteroatoms. The summed E-state index contributed by atoms with van der Waals surface area (Å²) in [7, 11) is 0. The lowest BCUT2D eigenvalue weighted by atomic mass is 10.2. The third kappa shape index (κ3) is 4.15. The lowest BCUT2D eigenvalue weighted by Gasteiger charge is -2.14. The SMILES string of the molecule is [O]C(COCCCN1CCCC1)c1ccoc1. The van der Waals surface area contributed by atoms with E-state index in [1.165, 1.54) is 38.5 Å². The van der Waals surface area contributed by atoms with Gasteiger partial charge < -0.3 is 14.1 Å². The average Bonchev–Trinajstić information content (AvgIpc) is 3.01. The molecule has 1 saturated heterocycles. The number of likely N-dealkylation sites (tertiary alicyclic amines) is 1. The molecule has 1 radical (unpaired) electrons. The number of rotatable bonds is 7. The quantitative estimate of drug-likeness (QED) is 0.684. The lowest BCUT2D eigenvalue weighted by molar-refractivity contribution is -0.00661. The van der Waals surface area contributed by atoms with Crippen LogP contribution in [0.25, 0.3) is 0 Å². The summed E-state index contributed by atoms with van der Waals surface area (Å²) in [5, 5.41) is 11.6. The molecule has 95 valence electrons. The van der Waals surface area contributed by atoms with E-state index in [1.807, 2.05) is 0 Å². The monoisotopic (exact) mass is 238 g/mol. The maximum absolute atomic E-state index is 11.6. The Kier molecular flexibility index (Phi) is 5.04. The Morgan fingerprint density at radius 1 is 1.41 bits per heavy atom. The molecule has 1 aliphatic rings. The molecule has 1 fully saturated rings. The normalized spacial score (nSPS) is 18.6. The first-order chi connectivity index (χ1) is 8.36. The van der Waals surface area contributed by atoms with Crippen LogP contribution in [0.2, 0.25) is 0 Å². The van der Waals surface area contributed by atoms with E-state index in [0.29, 0.717) is 12.2 Å². The van der Waals surface area contributed by atoms with Gasteiger partial charge in [-0.2, -0.15) is 0 Å². The van der Waals surface area contributed by atoms with Crippen LogP contribution in [-0.2, 0) is 9.84 Å². The molecule has 1 unspecified atom stereocenters. The second-order valence-corrected chi connectivity index (χ2v) is 4.52. The summed E-state index contributed by atoms with van der Waals surface area (Å²) in [6.07, 6.45) is 5.85. The Morgan fingerprint density at radius 3 is 2.94 bits per heavy atom. The van der Waals surface area contributed by atoms with E-state index in [4.69, 9.17) is 9.15 Å². The van der Waals surface area contributed by atoms with Crippen LogP contribution < -0.4 is 0 Å². The second-order valence-electron chi connectivity index (χ2n) is 4.52. The van der Waals surface area contributed by atoms with Gasteiger partial charge >= 0.3 is 0 Å². The highest BCUT2D eigenvalue weighted by Gasteiger charge is 2.12. The van der Waals surface area contributed by atoms with Crippen molar-refractivity contribution in [3.8, 4) is 0 Å². The van der Waals surface area contributed by atoms with Gasteiger partial charge in [0.05, 0.1) is 19.1 Å². The highest BCUT2D eigenvalue weighted by atomic mass is 16.5. The Labute approximate surface area is 102 Å². The van der Waals surface area contributed by atoms with Gasteiger partial charge in [0.2, 0.25) is 0 Å². The molecular weight excluding hydrogens is 218 g/mol. The smallest absolute Gasteiger partial charge is 0.144 e. The highest BCUT2D eigenvalue weighted by molar-refractivity contribution is 5.08. The van der Waals surface area contributed by atoms with Crippen LogP contribution in [-0.4, -0.2) is 37.7 Å². The molecule has 1 aromatic rings. The molecule has 1 atom stereocenters. The molecule has 1 aromatic heterocycles. The van der Waals surface area contributed by atoms with E-state index in [-0.39, 0.29) is 6.61 Å². The van der Waals surface area contributed by atoms with E-state index in [9.17, 15) is 5.11 Å². The van der Waals surface area contributed by atoms with E-state index < -0.39 is 6.10 Å². The van der Waals surface area contributed by atoms with Gasteiger partial charge in [-0.05, 0) is 38.4 Å². The third-order valence-electron chi connectivity index (χ3n) is 3.15. The van der Waals surface area contributed by atoms with Crippen molar-refractivity contribution in [2.24, 2.45) is 0 Å². The average molecular weight is 238 g/mol.